The summed E-state index contributed by atoms with van der Waals surface area (Å²) in [5, 5.41) is 15.2. The molecule has 0 bridgehead atoms. The molecular weight excluding hydrogens is 491 g/mol. The Bertz CT molecular complexity index is 987. The van der Waals surface area contributed by atoms with Gasteiger partial charge in [0, 0.05) is 38.7 Å². The third-order valence-electron chi connectivity index (χ3n) is 5.02. The van der Waals surface area contributed by atoms with Crippen LogP contribution in [0.25, 0.3) is 5.65 Å². The Morgan fingerprint density at radius 1 is 1.17 bits per heavy atom. The van der Waals surface area contributed by atoms with Gasteiger partial charge < -0.3 is 15.4 Å². The highest BCUT2D eigenvalue weighted by Crippen LogP contribution is 2.25. The van der Waals surface area contributed by atoms with E-state index >= 15 is 0 Å². The fourth-order valence-corrected chi connectivity index (χ4v) is 3.55. The number of rotatable bonds is 8. The first-order valence-corrected chi connectivity index (χ1v) is 10.4. The van der Waals surface area contributed by atoms with Crippen molar-refractivity contribution in [2.45, 2.75) is 32.6 Å². The molecule has 0 fully saturated rings. The molecule has 0 atom stereocenters. The predicted octanol–water partition coefficient (Wildman–Crippen LogP) is 3.01. The lowest BCUT2D eigenvalue weighted by Gasteiger charge is -2.11. The van der Waals surface area contributed by atoms with Crippen LogP contribution in [0, 0.1) is 0 Å². The summed E-state index contributed by atoms with van der Waals surface area (Å²) in [4.78, 5) is 4.70. The summed E-state index contributed by atoms with van der Waals surface area (Å²) in [6, 6.07) is 12.4. The maximum absolute atomic E-state index is 5.58. The molecule has 160 valence electrons. The molecule has 0 saturated carbocycles. The Morgan fingerprint density at radius 3 is 3.00 bits per heavy atom. The van der Waals surface area contributed by atoms with E-state index in [4.69, 9.17) is 9.73 Å². The number of hydrogen-bond acceptors (Lipinski definition) is 4. The van der Waals surface area contributed by atoms with Gasteiger partial charge in [0.2, 0.25) is 0 Å². The zero-order valence-electron chi connectivity index (χ0n) is 17.3. The maximum Gasteiger partial charge on any atom is 0.191 e. The van der Waals surface area contributed by atoms with Crippen LogP contribution >= 0.6 is 24.0 Å². The van der Waals surface area contributed by atoms with Gasteiger partial charge in [0.25, 0.3) is 0 Å². The molecule has 0 aliphatic carbocycles. The average molecular weight is 520 g/mol. The second-order valence-electron chi connectivity index (χ2n) is 7.13. The van der Waals surface area contributed by atoms with Crippen molar-refractivity contribution < 1.29 is 4.74 Å². The monoisotopic (exact) mass is 520 g/mol. The molecule has 30 heavy (non-hydrogen) atoms. The Balaban J connectivity index is 0.00000256. The van der Waals surface area contributed by atoms with Gasteiger partial charge >= 0.3 is 0 Å². The number of pyridine rings is 1. The standard InChI is InChI=1S/C22H28N6O.HI/c1-2-23-22(25-13-10-17-8-9-19-18(16-17)11-15-29-19)24-12-5-7-21-27-26-20-6-3-4-14-28(20)21;/h3-4,6,8-9,14,16H,2,5,7,10-13,15H2,1H3,(H2,23,24,25);1H. The zero-order valence-corrected chi connectivity index (χ0v) is 19.6. The normalized spacial score (nSPS) is 12.9. The Kier molecular flexibility index (Phi) is 8.30. The lowest BCUT2D eigenvalue weighted by Crippen LogP contribution is -2.38. The number of ether oxygens (including phenoxy) is 1. The molecule has 2 N–H and O–H groups in total. The van der Waals surface area contributed by atoms with Crippen LogP contribution in [-0.2, 0) is 19.3 Å². The SMILES string of the molecule is CCNC(=NCCCc1nnc2ccccn12)NCCc1ccc2c(c1)CCO2.I. The first-order chi connectivity index (χ1) is 14.3. The lowest BCUT2D eigenvalue weighted by atomic mass is 10.1. The minimum absolute atomic E-state index is 0. The molecule has 0 spiro atoms. The van der Waals surface area contributed by atoms with E-state index in [2.05, 4.69) is 46.0 Å². The van der Waals surface area contributed by atoms with E-state index in [-0.39, 0.29) is 24.0 Å². The minimum atomic E-state index is 0. The highest BCUT2D eigenvalue weighted by Gasteiger charge is 2.11. The molecule has 4 rings (SSSR count). The summed E-state index contributed by atoms with van der Waals surface area (Å²) in [6.07, 6.45) is 5.76. The second kappa shape index (κ2) is 11.1. The van der Waals surface area contributed by atoms with E-state index in [1.54, 1.807) is 0 Å². The van der Waals surface area contributed by atoms with E-state index in [0.717, 1.165) is 75.1 Å². The minimum Gasteiger partial charge on any atom is -0.493 e. The summed E-state index contributed by atoms with van der Waals surface area (Å²) in [5.41, 5.74) is 3.54. The fraction of sp³-hybridized carbons (Fsp3) is 0.409. The molecule has 0 amide bonds. The van der Waals surface area contributed by atoms with Gasteiger partial charge in [0.05, 0.1) is 6.61 Å². The number of fused-ring (bicyclic) bond motifs is 2. The molecule has 0 radical (unpaired) electrons. The van der Waals surface area contributed by atoms with Gasteiger partial charge in [-0.1, -0.05) is 18.2 Å². The molecule has 1 aromatic carbocycles. The number of nitrogens with one attached hydrogen (secondary N) is 2. The van der Waals surface area contributed by atoms with Gasteiger partial charge in [0.15, 0.2) is 11.6 Å². The van der Waals surface area contributed by atoms with Crippen LogP contribution in [-0.4, -0.2) is 46.8 Å². The van der Waals surface area contributed by atoms with Gasteiger partial charge in [-0.05, 0) is 49.1 Å². The van der Waals surface area contributed by atoms with Crippen LogP contribution in [0.4, 0.5) is 0 Å². The summed E-state index contributed by atoms with van der Waals surface area (Å²) < 4.78 is 7.62. The largest absolute Gasteiger partial charge is 0.493 e. The maximum atomic E-state index is 5.58. The van der Waals surface area contributed by atoms with Crippen LogP contribution in [0.1, 0.15) is 30.3 Å². The number of aromatic nitrogens is 3. The number of aryl methyl sites for hydroxylation is 1. The molecular formula is C22H29IN6O. The molecule has 1 aliphatic heterocycles. The molecule has 7 nitrogen and oxygen atoms in total. The first kappa shape index (κ1) is 22.3. The van der Waals surface area contributed by atoms with E-state index < -0.39 is 0 Å². The molecule has 1 aliphatic rings. The van der Waals surface area contributed by atoms with Crippen molar-refractivity contribution in [2.24, 2.45) is 4.99 Å². The number of nitrogens with zero attached hydrogens (tertiary/aromatic N) is 4. The molecule has 2 aromatic heterocycles. The van der Waals surface area contributed by atoms with Crippen molar-refractivity contribution in [2.75, 3.05) is 26.2 Å². The molecule has 3 aromatic rings. The number of benzene rings is 1. The van der Waals surface area contributed by atoms with Crippen molar-refractivity contribution in [3.63, 3.8) is 0 Å². The molecule has 3 heterocycles. The molecule has 8 heteroatoms. The van der Waals surface area contributed by atoms with Gasteiger partial charge in [-0.25, -0.2) is 0 Å². The summed E-state index contributed by atoms with van der Waals surface area (Å²) >= 11 is 0. The smallest absolute Gasteiger partial charge is 0.191 e. The van der Waals surface area contributed by atoms with E-state index in [0.29, 0.717) is 0 Å². The topological polar surface area (TPSA) is 75.8 Å². The lowest BCUT2D eigenvalue weighted by molar-refractivity contribution is 0.357. The fourth-order valence-electron chi connectivity index (χ4n) is 3.55. The van der Waals surface area contributed by atoms with Crippen LogP contribution in [0.3, 0.4) is 0 Å². The van der Waals surface area contributed by atoms with Gasteiger partial charge in [0.1, 0.15) is 11.6 Å². The zero-order chi connectivity index (χ0) is 19.9. The van der Waals surface area contributed by atoms with Crippen molar-refractivity contribution in [3.05, 3.63) is 59.5 Å². The van der Waals surface area contributed by atoms with Gasteiger partial charge in [-0.3, -0.25) is 9.39 Å². The van der Waals surface area contributed by atoms with Crippen LogP contribution in [0.15, 0.2) is 47.6 Å². The Hall–Kier alpha value is -2.36. The average Bonchev–Trinajstić information content (AvgIpc) is 3.37. The third kappa shape index (κ3) is 5.62. The predicted molar refractivity (Wildman–Crippen MR) is 130 cm³/mol. The van der Waals surface area contributed by atoms with Gasteiger partial charge in [-0.15, -0.1) is 34.2 Å². The quantitative estimate of drug-likeness (QED) is 0.207. The third-order valence-corrected chi connectivity index (χ3v) is 5.02. The number of aliphatic imine (C=N–C) groups is 1. The highest BCUT2D eigenvalue weighted by atomic mass is 127. The van der Waals surface area contributed by atoms with Crippen molar-refractivity contribution in [1.29, 1.82) is 0 Å². The van der Waals surface area contributed by atoms with Crippen LogP contribution in [0.5, 0.6) is 5.75 Å². The molecule has 0 saturated heterocycles. The number of guanidine groups is 1. The van der Waals surface area contributed by atoms with E-state index in [9.17, 15) is 0 Å². The number of hydrogen-bond donors (Lipinski definition) is 2. The van der Waals surface area contributed by atoms with E-state index in [1.165, 1.54) is 11.1 Å². The number of halogens is 1. The molecule has 0 unspecified atom stereocenters. The summed E-state index contributed by atoms with van der Waals surface area (Å²) in [7, 11) is 0. The van der Waals surface area contributed by atoms with Crippen LogP contribution in [0.2, 0.25) is 0 Å². The van der Waals surface area contributed by atoms with Gasteiger partial charge in [-0.2, -0.15) is 0 Å². The van der Waals surface area contributed by atoms with Crippen molar-refractivity contribution in [1.82, 2.24) is 25.2 Å². The van der Waals surface area contributed by atoms with Crippen LogP contribution < -0.4 is 15.4 Å². The first-order valence-electron chi connectivity index (χ1n) is 10.4. The van der Waals surface area contributed by atoms with Crippen molar-refractivity contribution in [3.8, 4) is 5.75 Å². The van der Waals surface area contributed by atoms with Crippen molar-refractivity contribution >= 4 is 35.6 Å². The Labute approximate surface area is 194 Å². The summed E-state index contributed by atoms with van der Waals surface area (Å²) in [5.74, 6) is 2.88. The Morgan fingerprint density at radius 2 is 2.10 bits per heavy atom. The summed E-state index contributed by atoms with van der Waals surface area (Å²) in [6.45, 7) is 5.32. The second-order valence-corrected chi connectivity index (χ2v) is 7.13. The van der Waals surface area contributed by atoms with E-state index in [1.807, 2.05) is 28.8 Å². The highest BCUT2D eigenvalue weighted by molar-refractivity contribution is 14.0.